The first-order chi connectivity index (χ1) is 20.0. The van der Waals surface area contributed by atoms with E-state index in [2.05, 4.69) is 5.32 Å². The molecule has 0 aliphatic rings. The Balaban J connectivity index is 2.08. The van der Waals surface area contributed by atoms with Gasteiger partial charge in [-0.2, -0.15) is 0 Å². The molecule has 0 aliphatic carbocycles. The maximum absolute atomic E-state index is 14.2. The van der Waals surface area contributed by atoms with Crippen LogP contribution in [0.15, 0.2) is 77.7 Å². The summed E-state index contributed by atoms with van der Waals surface area (Å²) in [6.07, 6.45) is 0.338. The van der Waals surface area contributed by atoms with Crippen molar-refractivity contribution in [2.45, 2.75) is 51.6 Å². The van der Waals surface area contributed by atoms with Crippen molar-refractivity contribution in [2.75, 3.05) is 31.6 Å². The van der Waals surface area contributed by atoms with Gasteiger partial charge < -0.3 is 19.7 Å². The predicted molar refractivity (Wildman–Crippen MR) is 164 cm³/mol. The third-order valence-electron chi connectivity index (χ3n) is 6.82. The first kappa shape index (κ1) is 32.5. The fraction of sp³-hybridized carbons (Fsp3) is 0.375. The zero-order chi connectivity index (χ0) is 30.9. The van der Waals surface area contributed by atoms with Crippen LogP contribution >= 0.6 is 0 Å². The maximum atomic E-state index is 14.2. The number of hydrogen-bond donors (Lipinski definition) is 1. The third-order valence-corrected chi connectivity index (χ3v) is 8.60. The van der Waals surface area contributed by atoms with E-state index < -0.39 is 28.5 Å². The Hall–Kier alpha value is -4.05. The molecular weight excluding hydrogens is 554 g/mol. The van der Waals surface area contributed by atoms with E-state index in [0.29, 0.717) is 24.5 Å². The Labute approximate surface area is 249 Å². The highest BCUT2D eigenvalue weighted by Gasteiger charge is 2.34. The first-order valence-corrected chi connectivity index (χ1v) is 15.4. The molecule has 0 fully saturated rings. The molecule has 2 amide bonds. The summed E-state index contributed by atoms with van der Waals surface area (Å²) < 4.78 is 39.9. The fourth-order valence-corrected chi connectivity index (χ4v) is 5.88. The summed E-state index contributed by atoms with van der Waals surface area (Å²) in [7, 11) is -1.19. The molecule has 0 spiro atoms. The lowest BCUT2D eigenvalue weighted by Gasteiger charge is -2.33. The Morgan fingerprint density at radius 1 is 0.905 bits per heavy atom. The first-order valence-electron chi connectivity index (χ1n) is 13.9. The van der Waals surface area contributed by atoms with Crippen molar-refractivity contribution in [2.24, 2.45) is 5.92 Å². The van der Waals surface area contributed by atoms with E-state index >= 15 is 0 Å². The molecule has 0 bridgehead atoms. The number of benzene rings is 3. The molecule has 9 nitrogen and oxygen atoms in total. The molecule has 1 atom stereocenters. The zero-order valence-electron chi connectivity index (χ0n) is 25.2. The minimum atomic E-state index is -4.20. The van der Waals surface area contributed by atoms with Crippen LogP contribution in [0.2, 0.25) is 0 Å². The van der Waals surface area contributed by atoms with Gasteiger partial charge in [-0.15, -0.1) is 0 Å². The summed E-state index contributed by atoms with van der Waals surface area (Å²) in [6, 6.07) is 19.5. The van der Waals surface area contributed by atoms with E-state index in [1.165, 1.54) is 24.1 Å². The van der Waals surface area contributed by atoms with E-state index in [1.54, 1.807) is 55.6 Å². The highest BCUT2D eigenvalue weighted by molar-refractivity contribution is 7.92. The van der Waals surface area contributed by atoms with Crippen LogP contribution in [0, 0.1) is 12.8 Å². The van der Waals surface area contributed by atoms with E-state index in [4.69, 9.17) is 9.47 Å². The molecule has 3 rings (SSSR count). The number of anilines is 1. The Morgan fingerprint density at radius 3 is 2.12 bits per heavy atom. The van der Waals surface area contributed by atoms with Crippen LogP contribution in [0.1, 0.15) is 38.3 Å². The molecule has 0 aliphatic heterocycles. The Morgan fingerprint density at radius 2 is 1.55 bits per heavy atom. The molecule has 3 aromatic carbocycles. The summed E-state index contributed by atoms with van der Waals surface area (Å²) in [5, 5.41) is 2.93. The number of methoxy groups -OCH3 is 2. The third kappa shape index (κ3) is 8.03. The van der Waals surface area contributed by atoms with Crippen molar-refractivity contribution in [3.8, 4) is 11.5 Å². The minimum absolute atomic E-state index is 0.0372. The minimum Gasteiger partial charge on any atom is -0.497 e. The number of ether oxygens (including phenoxy) is 2. The highest BCUT2D eigenvalue weighted by Crippen LogP contribution is 2.32. The molecule has 0 aromatic heterocycles. The quantitative estimate of drug-likeness (QED) is 0.288. The summed E-state index contributed by atoms with van der Waals surface area (Å²) in [5.74, 6) is 0.351. The van der Waals surface area contributed by atoms with E-state index in [9.17, 15) is 18.0 Å². The number of amides is 2. The number of hydrogen-bond acceptors (Lipinski definition) is 6. The second-order valence-electron chi connectivity index (χ2n) is 10.4. The summed E-state index contributed by atoms with van der Waals surface area (Å²) in [6.45, 7) is 7.68. The van der Waals surface area contributed by atoms with Gasteiger partial charge in [-0.1, -0.05) is 62.7 Å². The van der Waals surface area contributed by atoms with Crippen molar-refractivity contribution in [1.82, 2.24) is 10.2 Å². The van der Waals surface area contributed by atoms with Crippen molar-refractivity contribution in [1.29, 1.82) is 0 Å². The monoisotopic (exact) mass is 595 g/mol. The van der Waals surface area contributed by atoms with E-state index in [1.807, 2.05) is 39.8 Å². The standard InChI is InChI=1S/C32H41N3O6S/c1-7-28(32(37)33-20-23(2)3)34(21-25-14-16-26(40-5)17-15-25)31(36)22-35(29-10-8-9-11-30(29)41-6)42(38,39)27-18-12-24(4)13-19-27/h8-19,23,28H,7,20-22H2,1-6H3,(H,33,37)/t28-/m0/s1. The number of rotatable bonds is 14. The molecule has 10 heteroatoms. The number of sulfonamides is 1. The topological polar surface area (TPSA) is 105 Å². The van der Waals surface area contributed by atoms with Gasteiger partial charge in [-0.3, -0.25) is 13.9 Å². The lowest BCUT2D eigenvalue weighted by molar-refractivity contribution is -0.140. The van der Waals surface area contributed by atoms with Crippen molar-refractivity contribution in [3.05, 3.63) is 83.9 Å². The molecule has 1 N–H and O–H groups in total. The van der Waals surface area contributed by atoms with Gasteiger partial charge in [0.15, 0.2) is 0 Å². The maximum Gasteiger partial charge on any atom is 0.264 e. The van der Waals surface area contributed by atoms with Gasteiger partial charge >= 0.3 is 0 Å². The van der Waals surface area contributed by atoms with Gasteiger partial charge in [0.2, 0.25) is 11.8 Å². The summed E-state index contributed by atoms with van der Waals surface area (Å²) in [4.78, 5) is 29.0. The van der Waals surface area contributed by atoms with Crippen LogP contribution in [0.4, 0.5) is 5.69 Å². The van der Waals surface area contributed by atoms with Crippen LogP contribution in [-0.2, 0) is 26.2 Å². The largest absolute Gasteiger partial charge is 0.497 e. The summed E-state index contributed by atoms with van der Waals surface area (Å²) in [5.41, 5.74) is 1.89. The van der Waals surface area contributed by atoms with Crippen molar-refractivity contribution < 1.29 is 27.5 Å². The zero-order valence-corrected chi connectivity index (χ0v) is 26.0. The smallest absolute Gasteiger partial charge is 0.264 e. The molecule has 0 unspecified atom stereocenters. The van der Waals surface area contributed by atoms with Gasteiger partial charge in [0, 0.05) is 13.1 Å². The number of nitrogens with one attached hydrogen (secondary N) is 1. The second kappa shape index (κ2) is 14.7. The predicted octanol–water partition coefficient (Wildman–Crippen LogP) is 4.79. The number of aryl methyl sites for hydroxylation is 1. The molecule has 3 aromatic rings. The van der Waals surface area contributed by atoms with Gasteiger partial charge in [-0.05, 0) is 61.2 Å². The molecule has 0 saturated heterocycles. The number of nitrogens with zero attached hydrogens (tertiary/aromatic N) is 2. The molecule has 42 heavy (non-hydrogen) atoms. The molecule has 0 radical (unpaired) electrons. The van der Waals surface area contributed by atoms with Crippen molar-refractivity contribution >= 4 is 27.5 Å². The fourth-order valence-electron chi connectivity index (χ4n) is 4.46. The molecular formula is C32H41N3O6S. The molecule has 226 valence electrons. The van der Waals surface area contributed by atoms with Gasteiger partial charge in [-0.25, -0.2) is 8.42 Å². The van der Waals surface area contributed by atoms with Gasteiger partial charge in [0.25, 0.3) is 10.0 Å². The SMILES string of the molecule is CC[C@@H](C(=O)NCC(C)C)N(Cc1ccc(OC)cc1)C(=O)CN(c1ccccc1OC)S(=O)(=O)c1ccc(C)cc1. The lowest BCUT2D eigenvalue weighted by Crippen LogP contribution is -2.52. The van der Waals surface area contributed by atoms with Crippen LogP contribution in [0.25, 0.3) is 0 Å². The van der Waals surface area contributed by atoms with Crippen LogP contribution < -0.4 is 19.1 Å². The molecule has 0 heterocycles. The normalized spacial score (nSPS) is 12.0. The van der Waals surface area contributed by atoms with E-state index in [0.717, 1.165) is 15.4 Å². The van der Waals surface area contributed by atoms with Crippen LogP contribution in [0.3, 0.4) is 0 Å². The average molecular weight is 596 g/mol. The molecule has 0 saturated carbocycles. The number of carbonyl (C=O) groups excluding carboxylic acids is 2. The van der Waals surface area contributed by atoms with Crippen LogP contribution in [0.5, 0.6) is 11.5 Å². The van der Waals surface area contributed by atoms with Gasteiger partial charge in [0.1, 0.15) is 24.1 Å². The highest BCUT2D eigenvalue weighted by atomic mass is 32.2. The summed E-state index contributed by atoms with van der Waals surface area (Å²) >= 11 is 0. The van der Waals surface area contributed by atoms with Crippen molar-refractivity contribution in [3.63, 3.8) is 0 Å². The second-order valence-corrected chi connectivity index (χ2v) is 12.3. The average Bonchev–Trinajstić information content (AvgIpc) is 2.99. The lowest BCUT2D eigenvalue weighted by atomic mass is 10.1. The van der Waals surface area contributed by atoms with Crippen LogP contribution in [-0.4, -0.2) is 58.5 Å². The number of para-hydroxylation sites is 2. The van der Waals surface area contributed by atoms with Gasteiger partial charge in [0.05, 0.1) is 24.8 Å². The Kier molecular flexibility index (Phi) is 11.4. The van der Waals surface area contributed by atoms with E-state index in [-0.39, 0.29) is 29.0 Å². The Bertz CT molecular complexity index is 1440. The number of carbonyl (C=O) groups is 2.